The highest BCUT2D eigenvalue weighted by Crippen LogP contribution is 2.09. The van der Waals surface area contributed by atoms with E-state index in [-0.39, 0.29) is 17.2 Å². The molecule has 6 heteroatoms. The van der Waals surface area contributed by atoms with Gasteiger partial charge in [-0.2, -0.15) is 15.0 Å². The molecule has 0 spiro atoms. The number of rotatable bonds is 2. The van der Waals surface area contributed by atoms with Crippen molar-refractivity contribution in [1.82, 2.24) is 15.0 Å². The molecule has 13 heavy (non-hydrogen) atoms. The fourth-order valence-corrected chi connectivity index (χ4v) is 0.750. The van der Waals surface area contributed by atoms with Gasteiger partial charge in [-0.15, -0.1) is 6.42 Å². The lowest BCUT2D eigenvalue weighted by molar-refractivity contribution is 0.255. The second-order valence-corrected chi connectivity index (χ2v) is 2.51. The van der Waals surface area contributed by atoms with E-state index in [1.165, 1.54) is 0 Å². The number of nitrogens with two attached hydrogens (primary N) is 1. The standard InChI is InChI=1S/C7H7ClN4O/c1-3-4(2)13-7-11-5(8)10-6(9)12-7/h1,4H,2H3,(H2,9,10,11,12). The maximum atomic E-state index is 5.50. The van der Waals surface area contributed by atoms with Crippen LogP contribution in [0.1, 0.15) is 6.92 Å². The lowest BCUT2D eigenvalue weighted by Gasteiger charge is -2.06. The monoisotopic (exact) mass is 198 g/mol. The zero-order valence-electron chi connectivity index (χ0n) is 6.86. The van der Waals surface area contributed by atoms with E-state index in [9.17, 15) is 0 Å². The summed E-state index contributed by atoms with van der Waals surface area (Å²) in [5, 5.41) is -0.0216. The van der Waals surface area contributed by atoms with E-state index in [4.69, 9.17) is 28.5 Å². The molecule has 0 bridgehead atoms. The normalized spacial score (nSPS) is 11.8. The van der Waals surface area contributed by atoms with Crippen LogP contribution in [-0.4, -0.2) is 21.1 Å². The van der Waals surface area contributed by atoms with Crippen molar-refractivity contribution < 1.29 is 4.74 Å². The van der Waals surface area contributed by atoms with Crippen LogP contribution in [0, 0.1) is 12.3 Å². The van der Waals surface area contributed by atoms with Gasteiger partial charge in [-0.1, -0.05) is 5.92 Å². The van der Waals surface area contributed by atoms with E-state index < -0.39 is 6.10 Å². The predicted molar refractivity (Wildman–Crippen MR) is 48.2 cm³/mol. The smallest absolute Gasteiger partial charge is 0.323 e. The second kappa shape index (κ2) is 3.92. The Morgan fingerprint density at radius 2 is 2.23 bits per heavy atom. The third-order valence-electron chi connectivity index (χ3n) is 1.12. The zero-order valence-corrected chi connectivity index (χ0v) is 7.62. The van der Waals surface area contributed by atoms with Gasteiger partial charge in [0.25, 0.3) is 0 Å². The molecule has 68 valence electrons. The summed E-state index contributed by atoms with van der Waals surface area (Å²) in [7, 11) is 0. The molecule has 0 amide bonds. The van der Waals surface area contributed by atoms with Gasteiger partial charge in [0.2, 0.25) is 11.2 Å². The van der Waals surface area contributed by atoms with Crippen LogP contribution in [0.2, 0.25) is 5.28 Å². The summed E-state index contributed by atoms with van der Waals surface area (Å²) in [6.07, 6.45) is 4.65. The summed E-state index contributed by atoms with van der Waals surface area (Å²) < 4.78 is 5.06. The predicted octanol–water partition coefficient (Wildman–Crippen LogP) is 0.508. The first-order valence-corrected chi connectivity index (χ1v) is 3.79. The van der Waals surface area contributed by atoms with Gasteiger partial charge >= 0.3 is 6.01 Å². The molecule has 1 heterocycles. The highest BCUT2D eigenvalue weighted by atomic mass is 35.5. The van der Waals surface area contributed by atoms with Crippen molar-refractivity contribution in [2.75, 3.05) is 5.73 Å². The van der Waals surface area contributed by atoms with Crippen molar-refractivity contribution in [3.05, 3.63) is 5.28 Å². The molecule has 0 aliphatic rings. The van der Waals surface area contributed by atoms with Crippen LogP contribution < -0.4 is 10.5 Å². The van der Waals surface area contributed by atoms with E-state index >= 15 is 0 Å². The fourth-order valence-electron chi connectivity index (χ4n) is 0.591. The van der Waals surface area contributed by atoms with Crippen LogP contribution in [0.25, 0.3) is 0 Å². The summed E-state index contributed by atoms with van der Waals surface area (Å²) in [5.41, 5.74) is 5.30. The molecular formula is C7H7ClN4O. The Kier molecular flexibility index (Phi) is 2.88. The Morgan fingerprint density at radius 1 is 1.54 bits per heavy atom. The molecule has 0 saturated carbocycles. The van der Waals surface area contributed by atoms with Crippen molar-refractivity contribution in [2.24, 2.45) is 0 Å². The molecule has 0 aliphatic carbocycles. The quantitative estimate of drug-likeness (QED) is 0.701. The van der Waals surface area contributed by atoms with Gasteiger partial charge in [0, 0.05) is 0 Å². The Bertz CT molecular complexity index is 329. The maximum Gasteiger partial charge on any atom is 0.323 e. The summed E-state index contributed by atoms with van der Waals surface area (Å²) >= 11 is 5.50. The van der Waals surface area contributed by atoms with Crippen molar-refractivity contribution >= 4 is 17.5 Å². The lowest BCUT2D eigenvalue weighted by atomic mass is 10.4. The summed E-state index contributed by atoms with van der Waals surface area (Å²) in [4.78, 5) is 10.9. The third kappa shape index (κ3) is 2.76. The SMILES string of the molecule is C#CC(C)Oc1nc(N)nc(Cl)n1. The number of anilines is 1. The molecule has 1 unspecified atom stereocenters. The van der Waals surface area contributed by atoms with Crippen molar-refractivity contribution in [1.29, 1.82) is 0 Å². The molecule has 0 saturated heterocycles. The van der Waals surface area contributed by atoms with E-state index in [1.807, 2.05) is 0 Å². The van der Waals surface area contributed by atoms with E-state index in [0.717, 1.165) is 0 Å². The fraction of sp³-hybridized carbons (Fsp3) is 0.286. The number of hydrogen-bond donors (Lipinski definition) is 1. The highest BCUT2D eigenvalue weighted by molar-refractivity contribution is 6.28. The molecule has 1 rings (SSSR count). The minimum Gasteiger partial charge on any atom is -0.447 e. The molecule has 1 aromatic rings. The molecule has 1 aromatic heterocycles. The number of halogens is 1. The van der Waals surface area contributed by atoms with Gasteiger partial charge in [-0.25, -0.2) is 0 Å². The van der Waals surface area contributed by atoms with Crippen LogP contribution in [-0.2, 0) is 0 Å². The summed E-state index contributed by atoms with van der Waals surface area (Å²) in [6.45, 7) is 1.67. The Morgan fingerprint density at radius 3 is 2.77 bits per heavy atom. The molecule has 5 nitrogen and oxygen atoms in total. The van der Waals surface area contributed by atoms with Crippen LogP contribution in [0.5, 0.6) is 6.01 Å². The van der Waals surface area contributed by atoms with E-state index in [2.05, 4.69) is 20.9 Å². The number of ether oxygens (including phenoxy) is 1. The molecule has 0 radical (unpaired) electrons. The maximum absolute atomic E-state index is 5.50. The number of aromatic nitrogens is 3. The van der Waals surface area contributed by atoms with Crippen molar-refractivity contribution in [3.8, 4) is 18.4 Å². The van der Waals surface area contributed by atoms with Gasteiger partial charge in [0.15, 0.2) is 6.10 Å². The molecule has 0 aromatic carbocycles. The topological polar surface area (TPSA) is 73.9 Å². The average Bonchev–Trinajstić information content (AvgIpc) is 2.02. The van der Waals surface area contributed by atoms with Crippen molar-refractivity contribution in [2.45, 2.75) is 13.0 Å². The first-order chi connectivity index (χ1) is 6.11. The number of hydrogen-bond acceptors (Lipinski definition) is 5. The molecule has 2 N–H and O–H groups in total. The van der Waals surface area contributed by atoms with Crippen LogP contribution >= 0.6 is 11.6 Å². The third-order valence-corrected chi connectivity index (χ3v) is 1.29. The number of terminal acetylenes is 1. The first kappa shape index (κ1) is 9.55. The Hall–Kier alpha value is -1.54. The average molecular weight is 199 g/mol. The summed E-state index contributed by atoms with van der Waals surface area (Å²) in [5.74, 6) is 2.35. The van der Waals surface area contributed by atoms with E-state index in [0.29, 0.717) is 0 Å². The Labute approximate surface area is 80.3 Å². The molecule has 1 atom stereocenters. The molecule has 0 fully saturated rings. The van der Waals surface area contributed by atoms with Crippen LogP contribution in [0.3, 0.4) is 0 Å². The van der Waals surface area contributed by atoms with Gasteiger partial charge in [0.1, 0.15) is 0 Å². The molecular weight excluding hydrogens is 192 g/mol. The van der Waals surface area contributed by atoms with Gasteiger partial charge in [-0.3, -0.25) is 0 Å². The Balaban J connectivity index is 2.84. The number of nitrogen functional groups attached to an aromatic ring is 1. The minimum atomic E-state index is -0.433. The summed E-state index contributed by atoms with van der Waals surface area (Å²) in [6, 6.07) is 0.0305. The van der Waals surface area contributed by atoms with E-state index in [1.54, 1.807) is 6.92 Å². The van der Waals surface area contributed by atoms with Gasteiger partial charge in [0.05, 0.1) is 0 Å². The second-order valence-electron chi connectivity index (χ2n) is 2.17. The van der Waals surface area contributed by atoms with Crippen LogP contribution in [0.4, 0.5) is 5.95 Å². The molecule has 0 aliphatic heterocycles. The zero-order chi connectivity index (χ0) is 9.84. The first-order valence-electron chi connectivity index (χ1n) is 3.41. The van der Waals surface area contributed by atoms with Crippen molar-refractivity contribution in [3.63, 3.8) is 0 Å². The van der Waals surface area contributed by atoms with Crippen LogP contribution in [0.15, 0.2) is 0 Å². The van der Waals surface area contributed by atoms with Gasteiger partial charge in [-0.05, 0) is 18.5 Å². The minimum absolute atomic E-state index is 0.000721. The largest absolute Gasteiger partial charge is 0.447 e. The van der Waals surface area contributed by atoms with Gasteiger partial charge < -0.3 is 10.5 Å². The lowest BCUT2D eigenvalue weighted by Crippen LogP contribution is -2.12. The number of nitrogens with zero attached hydrogens (tertiary/aromatic N) is 3. The highest BCUT2D eigenvalue weighted by Gasteiger charge is 2.05.